The average Bonchev–Trinajstić information content (AvgIpc) is 2.94. The van der Waals surface area contributed by atoms with Gasteiger partial charge in [-0.25, -0.2) is 0 Å². The summed E-state index contributed by atoms with van der Waals surface area (Å²) >= 11 is 0. The minimum Gasteiger partial charge on any atom is -0.497 e. The number of nitrogens with two attached hydrogens (primary N) is 1. The molecule has 3 atom stereocenters. The lowest BCUT2D eigenvalue weighted by atomic mass is 10.0. The highest BCUT2D eigenvalue weighted by Gasteiger charge is 2.37. The number of carbonyl (C=O) groups excluding carboxylic acids is 1. The number of rotatable bonds is 5. The molecule has 110 valence electrons. The van der Waals surface area contributed by atoms with Crippen LogP contribution >= 0.6 is 0 Å². The van der Waals surface area contributed by atoms with Gasteiger partial charge in [-0.2, -0.15) is 0 Å². The van der Waals surface area contributed by atoms with Crippen molar-refractivity contribution in [3.63, 3.8) is 0 Å². The lowest BCUT2D eigenvalue weighted by Gasteiger charge is -2.27. The van der Waals surface area contributed by atoms with Crippen molar-refractivity contribution in [2.75, 3.05) is 20.8 Å². The minimum absolute atomic E-state index is 0.186. The van der Waals surface area contributed by atoms with E-state index in [4.69, 9.17) is 15.2 Å². The van der Waals surface area contributed by atoms with Gasteiger partial charge in [0.05, 0.1) is 26.3 Å². The van der Waals surface area contributed by atoms with Crippen molar-refractivity contribution in [1.82, 2.24) is 0 Å². The van der Waals surface area contributed by atoms with E-state index in [1.807, 2.05) is 25.1 Å². The molecule has 1 aromatic rings. The first-order chi connectivity index (χ1) is 9.58. The van der Waals surface area contributed by atoms with Crippen LogP contribution in [0, 0.1) is 0 Å². The van der Waals surface area contributed by atoms with Crippen LogP contribution in [0.5, 0.6) is 11.5 Å². The van der Waals surface area contributed by atoms with Crippen LogP contribution in [0.15, 0.2) is 18.2 Å². The largest absolute Gasteiger partial charge is 0.497 e. The zero-order valence-electron chi connectivity index (χ0n) is 12.3. The second-order valence-corrected chi connectivity index (χ2v) is 5.25. The van der Waals surface area contributed by atoms with Crippen molar-refractivity contribution >= 4 is 5.91 Å². The smallest absolute Gasteiger partial charge is 0.275 e. The van der Waals surface area contributed by atoms with Gasteiger partial charge in [0, 0.05) is 18.9 Å². The van der Waals surface area contributed by atoms with Crippen molar-refractivity contribution < 1.29 is 19.2 Å². The topological polar surface area (TPSA) is 66.0 Å². The van der Waals surface area contributed by atoms with Gasteiger partial charge in [0.1, 0.15) is 17.5 Å². The van der Waals surface area contributed by atoms with Crippen molar-refractivity contribution in [1.29, 1.82) is 0 Å². The van der Waals surface area contributed by atoms with Gasteiger partial charge >= 0.3 is 0 Å². The predicted octanol–water partition coefficient (Wildman–Crippen LogP) is 0.297. The molecule has 3 N–H and O–H groups in total. The zero-order valence-corrected chi connectivity index (χ0v) is 12.3. The molecular formula is C15H23N2O3+. The Morgan fingerprint density at radius 2 is 2.15 bits per heavy atom. The third-order valence-electron chi connectivity index (χ3n) is 4.20. The number of methoxy groups -OCH3 is 2. The summed E-state index contributed by atoms with van der Waals surface area (Å²) < 4.78 is 10.7. The van der Waals surface area contributed by atoms with E-state index in [9.17, 15) is 4.79 Å². The molecule has 1 unspecified atom stereocenters. The molecule has 1 heterocycles. The molecule has 1 aliphatic heterocycles. The lowest BCUT2D eigenvalue weighted by molar-refractivity contribution is -0.932. The first kappa shape index (κ1) is 14.7. The van der Waals surface area contributed by atoms with E-state index in [1.165, 1.54) is 4.90 Å². The monoisotopic (exact) mass is 279 g/mol. The van der Waals surface area contributed by atoms with Crippen molar-refractivity contribution in [2.24, 2.45) is 5.73 Å². The Morgan fingerprint density at radius 3 is 2.75 bits per heavy atom. The summed E-state index contributed by atoms with van der Waals surface area (Å²) in [6.45, 7) is 2.86. The molecule has 0 bridgehead atoms. The first-order valence-corrected chi connectivity index (χ1v) is 6.95. The highest BCUT2D eigenvalue weighted by Crippen LogP contribution is 2.31. The summed E-state index contributed by atoms with van der Waals surface area (Å²) in [6, 6.07) is 5.91. The highest BCUT2D eigenvalue weighted by molar-refractivity contribution is 5.77. The Kier molecular flexibility index (Phi) is 4.49. The van der Waals surface area contributed by atoms with Crippen LogP contribution in [-0.4, -0.2) is 32.7 Å². The van der Waals surface area contributed by atoms with Gasteiger partial charge in [0.15, 0.2) is 6.04 Å². The number of nitrogens with one attached hydrogen (secondary N) is 1. The van der Waals surface area contributed by atoms with Gasteiger partial charge in [0.25, 0.3) is 5.91 Å². The highest BCUT2D eigenvalue weighted by atomic mass is 16.5. The number of likely N-dealkylation sites (tertiary alicyclic amines) is 1. The van der Waals surface area contributed by atoms with Gasteiger partial charge in [-0.1, -0.05) is 0 Å². The Bertz CT molecular complexity index is 490. The second-order valence-electron chi connectivity index (χ2n) is 5.25. The molecular weight excluding hydrogens is 256 g/mol. The molecule has 5 heteroatoms. The van der Waals surface area contributed by atoms with Crippen LogP contribution in [0.1, 0.15) is 31.4 Å². The van der Waals surface area contributed by atoms with Crippen LogP contribution < -0.4 is 20.1 Å². The Labute approximate surface area is 119 Å². The fraction of sp³-hybridized carbons (Fsp3) is 0.533. The fourth-order valence-electron chi connectivity index (χ4n) is 3.03. The Balaban J connectivity index is 2.32. The molecule has 1 fully saturated rings. The predicted molar refractivity (Wildman–Crippen MR) is 76.0 cm³/mol. The van der Waals surface area contributed by atoms with Gasteiger partial charge in [-0.15, -0.1) is 0 Å². The van der Waals surface area contributed by atoms with Gasteiger partial charge < -0.3 is 20.1 Å². The molecule has 1 aromatic carbocycles. The maximum Gasteiger partial charge on any atom is 0.275 e. The maximum atomic E-state index is 11.5. The molecule has 5 nitrogen and oxygen atoms in total. The fourth-order valence-corrected chi connectivity index (χ4v) is 3.03. The number of benzene rings is 1. The molecule has 1 amide bonds. The third kappa shape index (κ3) is 2.72. The molecule has 0 spiro atoms. The molecule has 0 aliphatic carbocycles. The lowest BCUT2D eigenvalue weighted by Crippen LogP contribution is -3.15. The quantitative estimate of drug-likeness (QED) is 0.814. The molecule has 0 aromatic heterocycles. The number of ether oxygens (including phenoxy) is 2. The average molecular weight is 279 g/mol. The van der Waals surface area contributed by atoms with Gasteiger partial charge in [-0.3, -0.25) is 4.79 Å². The van der Waals surface area contributed by atoms with Crippen LogP contribution in [0.4, 0.5) is 0 Å². The number of hydrogen-bond donors (Lipinski definition) is 2. The van der Waals surface area contributed by atoms with E-state index in [0.29, 0.717) is 0 Å². The molecule has 1 aliphatic rings. The van der Waals surface area contributed by atoms with Crippen molar-refractivity contribution in [3.8, 4) is 11.5 Å². The van der Waals surface area contributed by atoms with Crippen molar-refractivity contribution in [2.45, 2.75) is 31.8 Å². The summed E-state index contributed by atoms with van der Waals surface area (Å²) in [7, 11) is 3.29. The first-order valence-electron chi connectivity index (χ1n) is 6.95. The second kappa shape index (κ2) is 6.13. The summed E-state index contributed by atoms with van der Waals surface area (Å²) in [6.07, 6.45) is 2.13. The van der Waals surface area contributed by atoms with Crippen LogP contribution in [-0.2, 0) is 4.79 Å². The zero-order chi connectivity index (χ0) is 14.7. The van der Waals surface area contributed by atoms with E-state index in [2.05, 4.69) is 0 Å². The standard InChI is InChI=1S/C15H22N2O3/c1-10(15(16)18)17-8-4-5-13(17)12-7-6-11(19-2)9-14(12)20-3/h6-7,9-10,13H,4-5,8H2,1-3H3,(H2,16,18)/p+1/t10-,13+/m0/s1. The van der Waals surface area contributed by atoms with E-state index in [1.54, 1.807) is 14.2 Å². The number of hydrogen-bond acceptors (Lipinski definition) is 3. The van der Waals surface area contributed by atoms with Gasteiger partial charge in [0.2, 0.25) is 0 Å². The summed E-state index contributed by atoms with van der Waals surface area (Å²) in [5, 5.41) is 0. The van der Waals surface area contributed by atoms with Gasteiger partial charge in [-0.05, 0) is 19.1 Å². The Hall–Kier alpha value is -1.75. The number of amides is 1. The maximum absolute atomic E-state index is 11.5. The number of primary amides is 1. The summed E-state index contributed by atoms with van der Waals surface area (Å²) in [5.74, 6) is 1.33. The Morgan fingerprint density at radius 1 is 1.40 bits per heavy atom. The van der Waals surface area contributed by atoms with E-state index >= 15 is 0 Å². The number of quaternary nitrogens is 1. The molecule has 20 heavy (non-hydrogen) atoms. The third-order valence-corrected chi connectivity index (χ3v) is 4.20. The SMILES string of the molecule is COc1ccc([C@H]2CCC[NH+]2[C@@H](C)C(N)=O)c(OC)c1. The van der Waals surface area contributed by atoms with Crippen molar-refractivity contribution in [3.05, 3.63) is 23.8 Å². The number of carbonyl (C=O) groups is 1. The normalized spacial score (nSPS) is 23.4. The summed E-state index contributed by atoms with van der Waals surface area (Å²) in [5.41, 5.74) is 6.58. The van der Waals surface area contributed by atoms with E-state index in [0.717, 1.165) is 36.4 Å². The molecule has 2 rings (SSSR count). The molecule has 0 radical (unpaired) electrons. The van der Waals surface area contributed by atoms with E-state index < -0.39 is 0 Å². The van der Waals surface area contributed by atoms with Crippen LogP contribution in [0.2, 0.25) is 0 Å². The minimum atomic E-state index is -0.251. The molecule has 1 saturated heterocycles. The van der Waals surface area contributed by atoms with Crippen LogP contribution in [0.3, 0.4) is 0 Å². The molecule has 0 saturated carbocycles. The summed E-state index contributed by atoms with van der Waals surface area (Å²) in [4.78, 5) is 12.7. The van der Waals surface area contributed by atoms with Crippen LogP contribution in [0.25, 0.3) is 0 Å². The van der Waals surface area contributed by atoms with E-state index in [-0.39, 0.29) is 18.0 Å².